The van der Waals surface area contributed by atoms with Crippen molar-refractivity contribution < 1.29 is 13.2 Å². The first-order valence-electron chi connectivity index (χ1n) is 6.98. The van der Waals surface area contributed by atoms with E-state index in [1.165, 1.54) is 0 Å². The average molecular weight is 293 g/mol. The van der Waals surface area contributed by atoms with Gasteiger partial charge in [-0.25, -0.2) is 4.98 Å². The van der Waals surface area contributed by atoms with Gasteiger partial charge in [0.1, 0.15) is 5.69 Å². The Hall–Kier alpha value is -1.84. The van der Waals surface area contributed by atoms with Crippen LogP contribution in [0.5, 0.6) is 0 Å². The van der Waals surface area contributed by atoms with Gasteiger partial charge in [-0.3, -0.25) is 0 Å². The zero-order chi connectivity index (χ0) is 15.5. The number of aromatic nitrogens is 1. The van der Waals surface area contributed by atoms with Gasteiger partial charge < -0.3 is 0 Å². The number of benzene rings is 1. The zero-order valence-corrected chi connectivity index (χ0v) is 12.1. The van der Waals surface area contributed by atoms with Gasteiger partial charge in [0, 0.05) is 5.69 Å². The molecule has 1 aromatic heterocycles. The maximum absolute atomic E-state index is 12.9. The molecular formula is C17H18F3N. The molecule has 0 spiro atoms. The van der Waals surface area contributed by atoms with Crippen LogP contribution in [-0.4, -0.2) is 4.98 Å². The molecule has 0 atom stereocenters. The minimum absolute atomic E-state index is 0.0459. The summed E-state index contributed by atoms with van der Waals surface area (Å²) in [4.78, 5) is 3.78. The average Bonchev–Trinajstić information content (AvgIpc) is 2.45. The van der Waals surface area contributed by atoms with Crippen molar-refractivity contribution in [1.29, 1.82) is 0 Å². The molecule has 2 aromatic rings. The Bertz CT molecular complexity index is 589. The Morgan fingerprint density at radius 1 is 1.00 bits per heavy atom. The molecule has 0 saturated heterocycles. The van der Waals surface area contributed by atoms with Gasteiger partial charge in [-0.1, -0.05) is 44.2 Å². The van der Waals surface area contributed by atoms with Gasteiger partial charge in [-0.2, -0.15) is 13.2 Å². The molecule has 1 aromatic carbocycles. The Balaban J connectivity index is 2.24. The Kier molecular flexibility index (Phi) is 4.66. The maximum atomic E-state index is 12.9. The van der Waals surface area contributed by atoms with Crippen LogP contribution < -0.4 is 0 Å². The number of aryl methyl sites for hydroxylation is 2. The molecule has 2 rings (SSSR count). The molecule has 0 aliphatic rings. The van der Waals surface area contributed by atoms with E-state index in [0.29, 0.717) is 24.1 Å². The molecule has 0 aliphatic carbocycles. The van der Waals surface area contributed by atoms with E-state index in [4.69, 9.17) is 0 Å². The molecule has 4 heteroatoms. The molecule has 0 aliphatic heterocycles. The predicted molar refractivity (Wildman–Crippen MR) is 77.2 cm³/mol. The number of hydrogen-bond donors (Lipinski definition) is 0. The van der Waals surface area contributed by atoms with E-state index in [2.05, 4.69) is 4.98 Å². The van der Waals surface area contributed by atoms with E-state index >= 15 is 0 Å². The van der Waals surface area contributed by atoms with Gasteiger partial charge in [0.05, 0.1) is 0 Å². The molecule has 1 heterocycles. The second kappa shape index (κ2) is 6.29. The molecule has 112 valence electrons. The Morgan fingerprint density at radius 3 is 2.24 bits per heavy atom. The van der Waals surface area contributed by atoms with Crippen molar-refractivity contribution in [3.05, 3.63) is 65.0 Å². The van der Waals surface area contributed by atoms with Crippen molar-refractivity contribution in [3.8, 4) is 0 Å². The third-order valence-corrected chi connectivity index (χ3v) is 3.37. The number of pyridine rings is 1. The second-order valence-corrected chi connectivity index (χ2v) is 5.42. The first-order valence-corrected chi connectivity index (χ1v) is 6.98. The third kappa shape index (κ3) is 4.31. The third-order valence-electron chi connectivity index (χ3n) is 3.37. The fourth-order valence-electron chi connectivity index (χ4n) is 2.13. The highest BCUT2D eigenvalue weighted by Crippen LogP contribution is 2.30. The van der Waals surface area contributed by atoms with Gasteiger partial charge in [-0.05, 0) is 42.0 Å². The van der Waals surface area contributed by atoms with Gasteiger partial charge in [0.2, 0.25) is 0 Å². The molecule has 0 N–H and O–H groups in total. The number of nitrogens with zero attached hydrogens (tertiary/aromatic N) is 1. The molecule has 0 saturated carbocycles. The Labute approximate surface area is 122 Å². The van der Waals surface area contributed by atoms with E-state index in [1.54, 1.807) is 6.07 Å². The largest absolute Gasteiger partial charge is 0.433 e. The topological polar surface area (TPSA) is 12.9 Å². The van der Waals surface area contributed by atoms with Crippen LogP contribution >= 0.6 is 0 Å². The fraction of sp³-hybridized carbons (Fsp3) is 0.353. The van der Waals surface area contributed by atoms with Crippen molar-refractivity contribution in [2.24, 2.45) is 0 Å². The lowest BCUT2D eigenvalue weighted by Crippen LogP contribution is -2.11. The van der Waals surface area contributed by atoms with Crippen LogP contribution in [0.2, 0.25) is 0 Å². The highest BCUT2D eigenvalue weighted by Gasteiger charge is 2.33. The lowest BCUT2D eigenvalue weighted by molar-refractivity contribution is -0.141. The second-order valence-electron chi connectivity index (χ2n) is 5.42. The summed E-state index contributed by atoms with van der Waals surface area (Å²) < 4.78 is 38.7. The van der Waals surface area contributed by atoms with Crippen LogP contribution in [0, 0.1) is 0 Å². The maximum Gasteiger partial charge on any atom is 0.433 e. The zero-order valence-electron chi connectivity index (χ0n) is 12.1. The summed E-state index contributed by atoms with van der Waals surface area (Å²) in [6.07, 6.45) is -3.20. The van der Waals surface area contributed by atoms with Crippen molar-refractivity contribution in [2.45, 2.75) is 38.8 Å². The molecule has 21 heavy (non-hydrogen) atoms. The van der Waals surface area contributed by atoms with Crippen LogP contribution in [0.25, 0.3) is 0 Å². The van der Waals surface area contributed by atoms with E-state index in [1.807, 2.05) is 44.2 Å². The molecule has 0 amide bonds. The molecule has 1 nitrogen and oxygen atoms in total. The van der Waals surface area contributed by atoms with Gasteiger partial charge in [0.25, 0.3) is 0 Å². The standard InChI is InChI=1S/C17H18F3N/c1-12(2)14-10-15(21-16(11-14)17(18,19)20)9-8-13-6-4-3-5-7-13/h3-7,10-12H,8-9H2,1-2H3. The van der Waals surface area contributed by atoms with E-state index < -0.39 is 11.9 Å². The lowest BCUT2D eigenvalue weighted by Gasteiger charge is -2.13. The highest BCUT2D eigenvalue weighted by molar-refractivity contribution is 5.26. The number of rotatable bonds is 4. The summed E-state index contributed by atoms with van der Waals surface area (Å²) >= 11 is 0. The van der Waals surface area contributed by atoms with Gasteiger partial charge in [0.15, 0.2) is 0 Å². The van der Waals surface area contributed by atoms with Crippen LogP contribution in [0.4, 0.5) is 13.2 Å². The van der Waals surface area contributed by atoms with Gasteiger partial charge >= 0.3 is 6.18 Å². The van der Waals surface area contributed by atoms with E-state index in [-0.39, 0.29) is 5.92 Å². The summed E-state index contributed by atoms with van der Waals surface area (Å²) in [5.74, 6) is 0.0459. The first kappa shape index (κ1) is 15.5. The number of halogens is 3. The Morgan fingerprint density at radius 2 is 1.67 bits per heavy atom. The van der Waals surface area contributed by atoms with Crippen LogP contribution in [0.1, 0.15) is 42.3 Å². The normalized spacial score (nSPS) is 11.9. The summed E-state index contributed by atoms with van der Waals surface area (Å²) in [6.45, 7) is 3.77. The smallest absolute Gasteiger partial charge is 0.248 e. The molecule has 0 radical (unpaired) electrons. The summed E-state index contributed by atoms with van der Waals surface area (Å²) in [5, 5.41) is 0. The summed E-state index contributed by atoms with van der Waals surface area (Å²) in [5.41, 5.74) is 1.48. The minimum atomic E-state index is -4.40. The van der Waals surface area contributed by atoms with Crippen molar-refractivity contribution >= 4 is 0 Å². The van der Waals surface area contributed by atoms with Gasteiger partial charge in [-0.15, -0.1) is 0 Å². The number of hydrogen-bond acceptors (Lipinski definition) is 1. The van der Waals surface area contributed by atoms with Crippen LogP contribution in [0.15, 0.2) is 42.5 Å². The molecular weight excluding hydrogens is 275 g/mol. The van der Waals surface area contributed by atoms with E-state index in [0.717, 1.165) is 11.6 Å². The SMILES string of the molecule is CC(C)c1cc(CCc2ccccc2)nc(C(F)(F)F)c1. The highest BCUT2D eigenvalue weighted by atomic mass is 19.4. The van der Waals surface area contributed by atoms with Crippen LogP contribution in [-0.2, 0) is 19.0 Å². The first-order chi connectivity index (χ1) is 9.86. The summed E-state index contributed by atoms with van der Waals surface area (Å²) in [7, 11) is 0. The van der Waals surface area contributed by atoms with Crippen molar-refractivity contribution in [3.63, 3.8) is 0 Å². The summed E-state index contributed by atoms with van der Waals surface area (Å²) in [6, 6.07) is 12.6. The lowest BCUT2D eigenvalue weighted by atomic mass is 10.00. The fourth-order valence-corrected chi connectivity index (χ4v) is 2.13. The monoisotopic (exact) mass is 293 g/mol. The predicted octanol–water partition coefficient (Wildman–Crippen LogP) is 5.01. The van der Waals surface area contributed by atoms with E-state index in [9.17, 15) is 13.2 Å². The van der Waals surface area contributed by atoms with Crippen molar-refractivity contribution in [2.75, 3.05) is 0 Å². The minimum Gasteiger partial charge on any atom is -0.248 e. The number of alkyl halides is 3. The quantitative estimate of drug-likeness (QED) is 0.772. The molecule has 0 fully saturated rings. The molecule has 0 unspecified atom stereocenters. The van der Waals surface area contributed by atoms with Crippen molar-refractivity contribution in [1.82, 2.24) is 4.98 Å². The van der Waals surface area contributed by atoms with Crippen LogP contribution in [0.3, 0.4) is 0 Å². The molecule has 0 bridgehead atoms.